The van der Waals surface area contributed by atoms with Gasteiger partial charge >= 0.3 is 0 Å². The van der Waals surface area contributed by atoms with E-state index in [1.807, 2.05) is 38.1 Å². The zero-order chi connectivity index (χ0) is 12.2. The van der Waals surface area contributed by atoms with E-state index < -0.39 is 5.41 Å². The van der Waals surface area contributed by atoms with Gasteiger partial charge in [0.25, 0.3) is 0 Å². The van der Waals surface area contributed by atoms with E-state index in [2.05, 4.69) is 5.32 Å². The quantitative estimate of drug-likeness (QED) is 0.827. The van der Waals surface area contributed by atoms with Gasteiger partial charge in [-0.2, -0.15) is 0 Å². The van der Waals surface area contributed by atoms with Gasteiger partial charge in [-0.3, -0.25) is 4.79 Å². The van der Waals surface area contributed by atoms with Crippen LogP contribution in [-0.2, 0) is 11.3 Å². The van der Waals surface area contributed by atoms with Crippen LogP contribution in [0.15, 0.2) is 24.3 Å². The van der Waals surface area contributed by atoms with Crippen LogP contribution in [0.5, 0.6) is 0 Å². The van der Waals surface area contributed by atoms with Crippen molar-refractivity contribution in [2.45, 2.75) is 20.4 Å². The van der Waals surface area contributed by atoms with Crippen LogP contribution in [0.3, 0.4) is 0 Å². The molecule has 0 atom stereocenters. The first-order valence-electron chi connectivity index (χ1n) is 5.17. The molecule has 0 aliphatic rings. The van der Waals surface area contributed by atoms with Crippen LogP contribution in [-0.4, -0.2) is 12.5 Å². The molecular formula is C12H17ClN2O. The van der Waals surface area contributed by atoms with Gasteiger partial charge < -0.3 is 11.1 Å². The molecular weight excluding hydrogens is 224 g/mol. The molecule has 0 radical (unpaired) electrons. The Hall–Kier alpha value is -1.06. The number of nitrogens with one attached hydrogen (secondary N) is 1. The Morgan fingerprint density at radius 3 is 2.75 bits per heavy atom. The topological polar surface area (TPSA) is 55.1 Å². The number of primary amides is 1. The van der Waals surface area contributed by atoms with Crippen molar-refractivity contribution >= 4 is 17.5 Å². The lowest BCUT2D eigenvalue weighted by Gasteiger charge is -2.20. The minimum atomic E-state index is -0.529. The number of carbonyl (C=O) groups excluding carboxylic acids is 1. The summed E-state index contributed by atoms with van der Waals surface area (Å²) in [6.45, 7) is 4.87. The minimum Gasteiger partial charge on any atom is -0.369 e. The Morgan fingerprint density at radius 1 is 1.50 bits per heavy atom. The smallest absolute Gasteiger partial charge is 0.224 e. The third-order valence-corrected chi connectivity index (χ3v) is 2.69. The van der Waals surface area contributed by atoms with E-state index in [0.29, 0.717) is 18.1 Å². The number of halogens is 1. The van der Waals surface area contributed by atoms with Crippen molar-refractivity contribution in [3.05, 3.63) is 34.9 Å². The number of benzene rings is 1. The van der Waals surface area contributed by atoms with Gasteiger partial charge in [0, 0.05) is 18.1 Å². The summed E-state index contributed by atoms with van der Waals surface area (Å²) in [5.74, 6) is -0.300. The average Bonchev–Trinajstić information content (AvgIpc) is 2.17. The molecule has 0 saturated carbocycles. The molecule has 0 aromatic heterocycles. The maximum Gasteiger partial charge on any atom is 0.224 e. The summed E-state index contributed by atoms with van der Waals surface area (Å²) in [6.07, 6.45) is 0. The molecule has 0 bridgehead atoms. The van der Waals surface area contributed by atoms with E-state index in [1.54, 1.807) is 0 Å². The summed E-state index contributed by atoms with van der Waals surface area (Å²) in [7, 11) is 0. The molecule has 0 spiro atoms. The fourth-order valence-corrected chi connectivity index (χ4v) is 1.47. The van der Waals surface area contributed by atoms with Crippen LogP contribution < -0.4 is 11.1 Å². The molecule has 4 heteroatoms. The van der Waals surface area contributed by atoms with E-state index >= 15 is 0 Å². The minimum absolute atomic E-state index is 0.300. The standard InChI is InChI=1S/C12H17ClN2O/c1-12(2,11(14)16)8-15-7-9-4-3-5-10(13)6-9/h3-6,15H,7-8H2,1-2H3,(H2,14,16). The highest BCUT2D eigenvalue weighted by Crippen LogP contribution is 2.13. The molecule has 3 nitrogen and oxygen atoms in total. The van der Waals surface area contributed by atoms with Crippen molar-refractivity contribution in [2.75, 3.05) is 6.54 Å². The largest absolute Gasteiger partial charge is 0.369 e. The van der Waals surface area contributed by atoms with Gasteiger partial charge in [-0.05, 0) is 31.5 Å². The van der Waals surface area contributed by atoms with Crippen LogP contribution in [0.25, 0.3) is 0 Å². The van der Waals surface area contributed by atoms with E-state index in [9.17, 15) is 4.79 Å². The predicted octanol–water partition coefficient (Wildman–Crippen LogP) is 1.94. The van der Waals surface area contributed by atoms with Crippen molar-refractivity contribution in [2.24, 2.45) is 11.1 Å². The van der Waals surface area contributed by atoms with Crippen LogP contribution in [0.4, 0.5) is 0 Å². The zero-order valence-electron chi connectivity index (χ0n) is 9.59. The van der Waals surface area contributed by atoms with Crippen LogP contribution in [0.1, 0.15) is 19.4 Å². The molecule has 0 heterocycles. The van der Waals surface area contributed by atoms with E-state index in [4.69, 9.17) is 17.3 Å². The Kier molecular flexibility index (Phi) is 4.33. The molecule has 3 N–H and O–H groups in total. The Bertz CT molecular complexity index is 377. The molecule has 0 saturated heterocycles. The number of amides is 1. The SMILES string of the molecule is CC(C)(CNCc1cccc(Cl)c1)C(N)=O. The van der Waals surface area contributed by atoms with Crippen molar-refractivity contribution < 1.29 is 4.79 Å². The second kappa shape index (κ2) is 5.32. The van der Waals surface area contributed by atoms with Gasteiger partial charge in [0.15, 0.2) is 0 Å². The van der Waals surface area contributed by atoms with Crippen LogP contribution in [0.2, 0.25) is 5.02 Å². The molecule has 16 heavy (non-hydrogen) atoms. The molecule has 0 aliphatic heterocycles. The second-order valence-electron chi connectivity index (χ2n) is 4.48. The lowest BCUT2D eigenvalue weighted by molar-refractivity contribution is -0.125. The first-order valence-corrected chi connectivity index (χ1v) is 5.55. The van der Waals surface area contributed by atoms with E-state index in [0.717, 1.165) is 5.56 Å². The van der Waals surface area contributed by atoms with Crippen molar-refractivity contribution in [3.8, 4) is 0 Å². The van der Waals surface area contributed by atoms with Gasteiger partial charge in [-0.1, -0.05) is 23.7 Å². The van der Waals surface area contributed by atoms with E-state index in [-0.39, 0.29) is 5.91 Å². The second-order valence-corrected chi connectivity index (χ2v) is 4.92. The lowest BCUT2D eigenvalue weighted by atomic mass is 9.93. The summed E-state index contributed by atoms with van der Waals surface area (Å²) < 4.78 is 0. The van der Waals surface area contributed by atoms with Crippen molar-refractivity contribution in [1.82, 2.24) is 5.32 Å². The van der Waals surface area contributed by atoms with E-state index in [1.165, 1.54) is 0 Å². The van der Waals surface area contributed by atoms with Gasteiger partial charge in [0.05, 0.1) is 5.41 Å². The maximum absolute atomic E-state index is 11.1. The fourth-order valence-electron chi connectivity index (χ4n) is 1.25. The van der Waals surface area contributed by atoms with Crippen LogP contribution in [0, 0.1) is 5.41 Å². The van der Waals surface area contributed by atoms with Gasteiger partial charge in [-0.15, -0.1) is 0 Å². The Labute approximate surface area is 101 Å². The van der Waals surface area contributed by atoms with Crippen molar-refractivity contribution in [1.29, 1.82) is 0 Å². The molecule has 88 valence electrons. The summed E-state index contributed by atoms with van der Waals surface area (Å²) in [6, 6.07) is 7.61. The molecule has 0 unspecified atom stereocenters. The highest BCUT2D eigenvalue weighted by molar-refractivity contribution is 6.30. The predicted molar refractivity (Wildman–Crippen MR) is 66.1 cm³/mol. The van der Waals surface area contributed by atoms with Crippen LogP contribution >= 0.6 is 11.6 Å². The summed E-state index contributed by atoms with van der Waals surface area (Å²) >= 11 is 5.86. The molecule has 1 aromatic carbocycles. The number of rotatable bonds is 5. The molecule has 1 rings (SSSR count). The molecule has 1 aromatic rings. The average molecular weight is 241 g/mol. The van der Waals surface area contributed by atoms with Gasteiger partial charge in [0.1, 0.15) is 0 Å². The lowest BCUT2D eigenvalue weighted by Crippen LogP contribution is -2.40. The highest BCUT2D eigenvalue weighted by Gasteiger charge is 2.23. The zero-order valence-corrected chi connectivity index (χ0v) is 10.3. The number of hydrogen-bond donors (Lipinski definition) is 2. The van der Waals surface area contributed by atoms with Gasteiger partial charge in [0.2, 0.25) is 5.91 Å². The first kappa shape index (κ1) is 13.0. The molecule has 0 aliphatic carbocycles. The highest BCUT2D eigenvalue weighted by atomic mass is 35.5. The van der Waals surface area contributed by atoms with Gasteiger partial charge in [-0.25, -0.2) is 0 Å². The number of carbonyl (C=O) groups is 1. The Morgan fingerprint density at radius 2 is 2.19 bits per heavy atom. The normalized spacial score (nSPS) is 11.4. The molecule has 1 amide bonds. The summed E-state index contributed by atoms with van der Waals surface area (Å²) in [4.78, 5) is 11.1. The third-order valence-electron chi connectivity index (χ3n) is 2.45. The molecule has 0 fully saturated rings. The third kappa shape index (κ3) is 3.83. The number of nitrogens with two attached hydrogens (primary N) is 1. The summed E-state index contributed by atoms with van der Waals surface area (Å²) in [5, 5.41) is 3.91. The summed E-state index contributed by atoms with van der Waals surface area (Å²) in [5.41, 5.74) is 5.84. The number of hydrogen-bond acceptors (Lipinski definition) is 2. The first-order chi connectivity index (χ1) is 7.42. The fraction of sp³-hybridized carbons (Fsp3) is 0.417. The Balaban J connectivity index is 2.45. The maximum atomic E-state index is 11.1. The monoisotopic (exact) mass is 240 g/mol. The van der Waals surface area contributed by atoms with Crippen molar-refractivity contribution in [3.63, 3.8) is 0 Å².